The molecule has 0 N–H and O–H groups in total. The van der Waals surface area contributed by atoms with Crippen LogP contribution in [0.1, 0.15) is 59.8 Å². The zero-order chi connectivity index (χ0) is 18.9. The standard InChI is InChI=1S/C20H34O5/c1-19(2,10-13-23-5)25-14-11-20(3,4)24-12-6-7-16-8-9-17(21)18(22)15-16/h6-7,16H,8-15H2,1-5H3/b7-6+. The molecular formula is C20H34O5. The Morgan fingerprint density at radius 1 is 1.00 bits per heavy atom. The number of carbonyl (C=O) groups is 2. The first kappa shape index (κ1) is 22.0. The Hall–Kier alpha value is -1.04. The maximum Gasteiger partial charge on any atom is 0.198 e. The molecule has 0 saturated heterocycles. The van der Waals surface area contributed by atoms with Crippen LogP contribution in [0.5, 0.6) is 0 Å². The molecule has 1 aliphatic rings. The van der Waals surface area contributed by atoms with Crippen molar-refractivity contribution in [3.63, 3.8) is 0 Å². The van der Waals surface area contributed by atoms with Crippen molar-refractivity contribution in [2.75, 3.05) is 26.9 Å². The molecular weight excluding hydrogens is 320 g/mol. The average Bonchev–Trinajstić information content (AvgIpc) is 2.52. The number of ether oxygens (including phenoxy) is 3. The van der Waals surface area contributed by atoms with Gasteiger partial charge in [0, 0.05) is 26.6 Å². The van der Waals surface area contributed by atoms with Gasteiger partial charge in [0.15, 0.2) is 11.6 Å². The molecule has 144 valence electrons. The van der Waals surface area contributed by atoms with E-state index in [-0.39, 0.29) is 28.7 Å². The Bertz CT molecular complexity index is 465. The highest BCUT2D eigenvalue weighted by Gasteiger charge is 2.25. The van der Waals surface area contributed by atoms with Crippen molar-refractivity contribution >= 4 is 11.6 Å². The predicted octanol–water partition coefficient (Wildman–Crippen LogP) is 3.50. The molecule has 25 heavy (non-hydrogen) atoms. The van der Waals surface area contributed by atoms with Crippen molar-refractivity contribution in [3.05, 3.63) is 12.2 Å². The van der Waals surface area contributed by atoms with Crippen LogP contribution < -0.4 is 0 Å². The van der Waals surface area contributed by atoms with Crippen LogP contribution in [-0.2, 0) is 23.8 Å². The van der Waals surface area contributed by atoms with E-state index in [0.717, 1.165) is 19.3 Å². The molecule has 1 unspecified atom stereocenters. The minimum Gasteiger partial charge on any atom is -0.385 e. The molecule has 0 aromatic rings. The molecule has 1 saturated carbocycles. The second-order valence-electron chi connectivity index (χ2n) is 7.95. The van der Waals surface area contributed by atoms with Crippen LogP contribution in [0.15, 0.2) is 12.2 Å². The van der Waals surface area contributed by atoms with E-state index >= 15 is 0 Å². The van der Waals surface area contributed by atoms with Crippen LogP contribution in [0.4, 0.5) is 0 Å². The molecule has 0 aliphatic heterocycles. The average molecular weight is 354 g/mol. The fraction of sp³-hybridized carbons (Fsp3) is 0.800. The monoisotopic (exact) mass is 354 g/mol. The molecule has 1 aliphatic carbocycles. The predicted molar refractivity (Wildman–Crippen MR) is 97.7 cm³/mol. The van der Waals surface area contributed by atoms with E-state index in [1.54, 1.807) is 7.11 Å². The summed E-state index contributed by atoms with van der Waals surface area (Å²) in [6.07, 6.45) is 7.09. The van der Waals surface area contributed by atoms with Crippen molar-refractivity contribution in [2.24, 2.45) is 5.92 Å². The van der Waals surface area contributed by atoms with Gasteiger partial charge in [-0.3, -0.25) is 9.59 Å². The second-order valence-corrected chi connectivity index (χ2v) is 7.95. The van der Waals surface area contributed by atoms with E-state index < -0.39 is 0 Å². The first-order chi connectivity index (χ1) is 11.7. The third-order valence-electron chi connectivity index (χ3n) is 4.58. The van der Waals surface area contributed by atoms with Crippen LogP contribution in [-0.4, -0.2) is 49.7 Å². The molecule has 0 aromatic heterocycles. The van der Waals surface area contributed by atoms with Gasteiger partial charge in [-0.15, -0.1) is 0 Å². The van der Waals surface area contributed by atoms with Crippen LogP contribution in [0.3, 0.4) is 0 Å². The summed E-state index contributed by atoms with van der Waals surface area (Å²) in [5.74, 6) is -0.298. The Morgan fingerprint density at radius 2 is 1.64 bits per heavy atom. The minimum absolute atomic E-state index is 0.168. The maximum atomic E-state index is 11.4. The van der Waals surface area contributed by atoms with E-state index in [2.05, 4.69) is 27.7 Å². The van der Waals surface area contributed by atoms with Crippen LogP contribution in [0.25, 0.3) is 0 Å². The van der Waals surface area contributed by atoms with Gasteiger partial charge in [0.2, 0.25) is 0 Å². The first-order valence-corrected chi connectivity index (χ1v) is 9.15. The summed E-state index contributed by atoms with van der Waals surface area (Å²) >= 11 is 0. The molecule has 1 atom stereocenters. The van der Waals surface area contributed by atoms with Crippen molar-refractivity contribution in [1.29, 1.82) is 0 Å². The summed E-state index contributed by atoms with van der Waals surface area (Å²) in [5.41, 5.74) is -0.475. The first-order valence-electron chi connectivity index (χ1n) is 9.15. The lowest BCUT2D eigenvalue weighted by Crippen LogP contribution is -2.31. The third kappa shape index (κ3) is 9.28. The SMILES string of the molecule is COCCC(C)(C)OCCC(C)(C)OC/C=C/C1CCC(=O)C(=O)C1. The highest BCUT2D eigenvalue weighted by molar-refractivity contribution is 6.37. The van der Waals surface area contributed by atoms with Crippen LogP contribution in [0, 0.1) is 5.92 Å². The van der Waals surface area contributed by atoms with Crippen molar-refractivity contribution in [1.82, 2.24) is 0 Å². The zero-order valence-electron chi connectivity index (χ0n) is 16.4. The molecule has 5 nitrogen and oxygen atoms in total. The normalized spacial score (nSPS) is 19.8. The zero-order valence-corrected chi connectivity index (χ0v) is 16.4. The van der Waals surface area contributed by atoms with Crippen molar-refractivity contribution in [2.45, 2.75) is 71.0 Å². The number of allylic oxidation sites excluding steroid dienone is 1. The molecule has 0 aromatic carbocycles. The molecule has 0 bridgehead atoms. The second kappa shape index (κ2) is 10.2. The highest BCUT2D eigenvalue weighted by Crippen LogP contribution is 2.22. The Morgan fingerprint density at radius 3 is 2.28 bits per heavy atom. The number of Topliss-reactive ketones (excluding diaryl/α,β-unsaturated/α-hetero) is 2. The van der Waals surface area contributed by atoms with Crippen LogP contribution in [0.2, 0.25) is 0 Å². The van der Waals surface area contributed by atoms with E-state index in [4.69, 9.17) is 14.2 Å². The van der Waals surface area contributed by atoms with Gasteiger partial charge in [0.25, 0.3) is 0 Å². The third-order valence-corrected chi connectivity index (χ3v) is 4.58. The van der Waals surface area contributed by atoms with Gasteiger partial charge in [0.1, 0.15) is 0 Å². The van der Waals surface area contributed by atoms with Crippen molar-refractivity contribution in [3.8, 4) is 0 Å². The number of hydrogen-bond acceptors (Lipinski definition) is 5. The minimum atomic E-state index is -0.278. The number of methoxy groups -OCH3 is 1. The molecule has 5 heteroatoms. The fourth-order valence-electron chi connectivity index (χ4n) is 2.66. The smallest absolute Gasteiger partial charge is 0.198 e. The lowest BCUT2D eigenvalue weighted by molar-refractivity contribution is -0.138. The molecule has 1 fully saturated rings. The van der Waals surface area contributed by atoms with Crippen LogP contribution >= 0.6 is 0 Å². The Kier molecular flexibility index (Phi) is 8.97. The molecule has 0 spiro atoms. The van der Waals surface area contributed by atoms with E-state index in [1.807, 2.05) is 12.2 Å². The summed E-state index contributed by atoms with van der Waals surface area (Å²) in [6.45, 7) is 10.1. The lowest BCUT2D eigenvalue weighted by Gasteiger charge is -2.29. The van der Waals surface area contributed by atoms with Gasteiger partial charge in [0.05, 0.1) is 24.4 Å². The fourth-order valence-corrected chi connectivity index (χ4v) is 2.66. The quantitative estimate of drug-likeness (QED) is 0.420. The van der Waals surface area contributed by atoms with E-state index in [0.29, 0.717) is 32.7 Å². The summed E-state index contributed by atoms with van der Waals surface area (Å²) in [4.78, 5) is 22.6. The summed E-state index contributed by atoms with van der Waals surface area (Å²) < 4.78 is 17.0. The summed E-state index contributed by atoms with van der Waals surface area (Å²) in [5, 5.41) is 0. The van der Waals surface area contributed by atoms with Gasteiger partial charge in [-0.1, -0.05) is 12.2 Å². The molecule has 1 rings (SSSR count). The number of rotatable bonds is 11. The maximum absolute atomic E-state index is 11.4. The highest BCUT2D eigenvalue weighted by atomic mass is 16.5. The summed E-state index contributed by atoms with van der Waals surface area (Å²) in [6, 6.07) is 0. The van der Waals surface area contributed by atoms with Gasteiger partial charge in [-0.2, -0.15) is 0 Å². The van der Waals surface area contributed by atoms with E-state index in [9.17, 15) is 9.59 Å². The van der Waals surface area contributed by atoms with E-state index in [1.165, 1.54) is 0 Å². The number of ketones is 2. The largest absolute Gasteiger partial charge is 0.385 e. The Balaban J connectivity index is 2.25. The topological polar surface area (TPSA) is 61.8 Å². The molecule has 0 radical (unpaired) electrons. The number of hydrogen-bond donors (Lipinski definition) is 0. The lowest BCUT2D eigenvalue weighted by atomic mass is 9.87. The van der Waals surface area contributed by atoms with Gasteiger partial charge in [-0.05, 0) is 52.9 Å². The summed E-state index contributed by atoms with van der Waals surface area (Å²) in [7, 11) is 1.70. The Labute approximate surface area is 152 Å². The molecule has 0 heterocycles. The van der Waals surface area contributed by atoms with Gasteiger partial charge >= 0.3 is 0 Å². The molecule has 0 amide bonds. The number of carbonyl (C=O) groups excluding carboxylic acids is 2. The van der Waals surface area contributed by atoms with Gasteiger partial charge in [-0.25, -0.2) is 0 Å². The van der Waals surface area contributed by atoms with Crippen molar-refractivity contribution < 1.29 is 23.8 Å². The van der Waals surface area contributed by atoms with Gasteiger partial charge < -0.3 is 14.2 Å².